The lowest BCUT2D eigenvalue weighted by Crippen LogP contribution is -2.32. The molecule has 0 saturated carbocycles. The number of anilines is 2. The van der Waals surface area contributed by atoms with Crippen molar-refractivity contribution in [3.8, 4) is 0 Å². The van der Waals surface area contributed by atoms with E-state index >= 15 is 0 Å². The lowest BCUT2D eigenvalue weighted by atomic mass is 9.87. The third-order valence-corrected chi connectivity index (χ3v) is 10.2. The van der Waals surface area contributed by atoms with Crippen molar-refractivity contribution < 1.29 is 18.8 Å². The second-order valence-corrected chi connectivity index (χ2v) is 12.2. The number of rotatable bonds is 5. The van der Waals surface area contributed by atoms with Crippen molar-refractivity contribution in [3.05, 3.63) is 96.8 Å². The Labute approximate surface area is 228 Å². The van der Waals surface area contributed by atoms with Crippen LogP contribution in [0.5, 0.6) is 0 Å². The first-order valence-corrected chi connectivity index (χ1v) is 14.3. The summed E-state index contributed by atoms with van der Waals surface area (Å²) in [5.41, 5.74) is 1.94. The molecule has 192 valence electrons. The smallest absolute Gasteiger partial charge is 0.308 e. The highest BCUT2D eigenvalue weighted by molar-refractivity contribution is 8.00. The third-order valence-electron chi connectivity index (χ3n) is 6.62. The molecule has 38 heavy (non-hydrogen) atoms. The number of thioether (sulfide) groups is 1. The molecule has 3 amide bonds. The van der Waals surface area contributed by atoms with Gasteiger partial charge in [-0.05, 0) is 54.8 Å². The first-order chi connectivity index (χ1) is 18.3. The number of aromatic nitrogens is 1. The van der Waals surface area contributed by atoms with E-state index in [1.54, 1.807) is 12.1 Å². The van der Waals surface area contributed by atoms with Gasteiger partial charge in [0.2, 0.25) is 17.7 Å². The van der Waals surface area contributed by atoms with Gasteiger partial charge in [0.25, 0.3) is 0 Å². The van der Waals surface area contributed by atoms with E-state index in [4.69, 9.17) is 0 Å². The summed E-state index contributed by atoms with van der Waals surface area (Å²) in [6.45, 7) is 1.66. The molecule has 2 aromatic carbocycles. The number of benzene rings is 2. The van der Waals surface area contributed by atoms with Gasteiger partial charge in [0, 0.05) is 21.4 Å². The van der Waals surface area contributed by atoms with E-state index < -0.39 is 28.8 Å². The molecule has 11 heteroatoms. The summed E-state index contributed by atoms with van der Waals surface area (Å²) in [6, 6.07) is 16.4. The van der Waals surface area contributed by atoms with Gasteiger partial charge in [-0.15, -0.1) is 11.3 Å². The molecule has 0 spiro atoms. The van der Waals surface area contributed by atoms with Gasteiger partial charge in [-0.2, -0.15) is 0 Å². The van der Waals surface area contributed by atoms with Gasteiger partial charge in [-0.1, -0.05) is 46.9 Å². The number of halogens is 1. The van der Waals surface area contributed by atoms with E-state index in [-0.39, 0.29) is 23.2 Å². The number of thiophene rings is 1. The molecule has 4 heterocycles. The average Bonchev–Trinajstić information content (AvgIpc) is 3.59. The van der Waals surface area contributed by atoms with Gasteiger partial charge in [0.05, 0.1) is 16.6 Å². The van der Waals surface area contributed by atoms with Crippen molar-refractivity contribution in [2.24, 2.45) is 5.92 Å². The van der Waals surface area contributed by atoms with Crippen molar-refractivity contribution in [2.45, 2.75) is 29.7 Å². The average molecular weight is 566 g/mol. The Morgan fingerprint density at radius 2 is 1.74 bits per heavy atom. The van der Waals surface area contributed by atoms with Gasteiger partial charge in [-0.25, -0.2) is 9.29 Å². The van der Waals surface area contributed by atoms with E-state index in [0.29, 0.717) is 21.3 Å². The summed E-state index contributed by atoms with van der Waals surface area (Å²) in [4.78, 5) is 55.9. The highest BCUT2D eigenvalue weighted by Crippen LogP contribution is 2.54. The molecule has 2 aromatic heterocycles. The molecule has 4 aromatic rings. The zero-order valence-electron chi connectivity index (χ0n) is 19.9. The van der Waals surface area contributed by atoms with Crippen LogP contribution >= 0.6 is 34.4 Å². The lowest BCUT2D eigenvalue weighted by molar-refractivity contribution is -0.122. The highest BCUT2D eigenvalue weighted by atomic mass is 32.2. The summed E-state index contributed by atoms with van der Waals surface area (Å²) in [6.07, 6.45) is 0. The highest BCUT2D eigenvalue weighted by Gasteiger charge is 2.57. The number of amides is 3. The van der Waals surface area contributed by atoms with Crippen molar-refractivity contribution in [1.29, 1.82) is 0 Å². The molecular formula is C27H20FN3O4S3. The van der Waals surface area contributed by atoms with Crippen molar-refractivity contribution >= 4 is 63.5 Å². The number of nitrogens with one attached hydrogen (secondary N) is 1. The Hall–Kier alpha value is -3.54. The minimum Gasteiger partial charge on any atom is -0.325 e. The standard InChI is InChI=1S/C27H20FN3O4S3/c1-14-4-10-17(11-5-14)31-24(33)21-20(18-3-2-12-36-18)23-26(37-22(21)25(31)34)30(27(35)38-23)13-19(32)29-16-8-6-15(28)7-9-16/h2-12,20-22H,13H2,1H3,(H,29,32)/t20-,21?,22?/m0/s1. The van der Waals surface area contributed by atoms with Gasteiger partial charge in [-0.3, -0.25) is 23.7 Å². The number of carbonyl (C=O) groups excluding carboxylic acids is 3. The maximum absolute atomic E-state index is 13.8. The van der Waals surface area contributed by atoms with Gasteiger partial charge < -0.3 is 5.32 Å². The number of aryl methyl sites for hydroxylation is 1. The van der Waals surface area contributed by atoms with Crippen molar-refractivity contribution in [3.63, 3.8) is 0 Å². The number of hydrogen-bond donors (Lipinski definition) is 1. The summed E-state index contributed by atoms with van der Waals surface area (Å²) >= 11 is 3.65. The molecule has 3 atom stereocenters. The number of nitrogens with zero attached hydrogens (tertiary/aromatic N) is 2. The maximum atomic E-state index is 13.8. The first-order valence-electron chi connectivity index (χ1n) is 11.8. The quantitative estimate of drug-likeness (QED) is 0.350. The van der Waals surface area contributed by atoms with Crippen LogP contribution in [-0.2, 0) is 20.9 Å². The minimum absolute atomic E-state index is 0.270. The van der Waals surface area contributed by atoms with Crippen LogP contribution < -0.4 is 15.1 Å². The minimum atomic E-state index is -0.733. The molecule has 0 radical (unpaired) electrons. The van der Waals surface area contributed by atoms with Crippen LogP contribution in [0.15, 0.2) is 75.9 Å². The molecule has 1 N–H and O–H groups in total. The van der Waals surface area contributed by atoms with Crippen LogP contribution in [0.25, 0.3) is 0 Å². The first kappa shape index (κ1) is 24.8. The third kappa shape index (κ3) is 4.20. The molecule has 2 aliphatic heterocycles. The number of thiazole rings is 1. The topological polar surface area (TPSA) is 88.5 Å². The zero-order chi connectivity index (χ0) is 26.6. The second kappa shape index (κ2) is 9.64. The number of imide groups is 1. The molecule has 0 aliphatic carbocycles. The molecule has 2 aliphatic rings. The van der Waals surface area contributed by atoms with E-state index in [2.05, 4.69) is 5.32 Å². The SMILES string of the molecule is Cc1ccc(N2C(=O)C3Sc4c(sc(=O)n4CC(=O)Nc4ccc(F)cc4)[C@@H](c4cccs4)C3C2=O)cc1. The van der Waals surface area contributed by atoms with Crippen molar-refractivity contribution in [2.75, 3.05) is 10.2 Å². The fourth-order valence-electron chi connectivity index (χ4n) is 4.86. The monoisotopic (exact) mass is 565 g/mol. The van der Waals surface area contributed by atoms with Gasteiger partial charge in [0.15, 0.2) is 0 Å². The Bertz CT molecular complexity index is 1610. The van der Waals surface area contributed by atoms with Crippen LogP contribution in [0, 0.1) is 18.7 Å². The largest absolute Gasteiger partial charge is 0.325 e. The van der Waals surface area contributed by atoms with Crippen LogP contribution in [0.4, 0.5) is 15.8 Å². The maximum Gasteiger partial charge on any atom is 0.308 e. The second-order valence-electron chi connectivity index (χ2n) is 9.08. The fraction of sp³-hybridized carbons (Fsp3) is 0.185. The van der Waals surface area contributed by atoms with Gasteiger partial charge >= 0.3 is 4.87 Å². The molecule has 1 fully saturated rings. The fourth-order valence-corrected chi connectivity index (χ4v) is 8.58. The van der Waals surface area contributed by atoms with E-state index in [9.17, 15) is 23.6 Å². The predicted molar refractivity (Wildman–Crippen MR) is 147 cm³/mol. The van der Waals surface area contributed by atoms with E-state index in [1.165, 1.54) is 56.8 Å². The Balaban J connectivity index is 1.38. The summed E-state index contributed by atoms with van der Waals surface area (Å²) in [7, 11) is 0. The molecule has 6 rings (SSSR count). The Kier molecular flexibility index (Phi) is 6.29. The molecule has 1 saturated heterocycles. The molecule has 7 nitrogen and oxygen atoms in total. The van der Waals surface area contributed by atoms with Crippen LogP contribution in [0.2, 0.25) is 0 Å². The molecular weight excluding hydrogens is 546 g/mol. The van der Waals surface area contributed by atoms with Crippen LogP contribution in [0.1, 0.15) is 21.2 Å². The number of carbonyl (C=O) groups is 3. The summed E-state index contributed by atoms with van der Waals surface area (Å²) in [5, 5.41) is 4.38. The van der Waals surface area contributed by atoms with Crippen LogP contribution in [0.3, 0.4) is 0 Å². The lowest BCUT2D eigenvalue weighted by Gasteiger charge is -2.29. The van der Waals surface area contributed by atoms with Crippen molar-refractivity contribution in [1.82, 2.24) is 4.57 Å². The molecule has 0 bridgehead atoms. The number of fused-ring (bicyclic) bond motifs is 2. The molecule has 2 unspecified atom stereocenters. The number of hydrogen-bond acceptors (Lipinski definition) is 7. The van der Waals surface area contributed by atoms with Gasteiger partial charge in [0.1, 0.15) is 17.6 Å². The Morgan fingerprint density at radius 1 is 1.00 bits per heavy atom. The zero-order valence-corrected chi connectivity index (χ0v) is 22.4. The summed E-state index contributed by atoms with van der Waals surface area (Å²) in [5.74, 6) is -2.64. The van der Waals surface area contributed by atoms with Crippen LogP contribution in [-0.4, -0.2) is 27.5 Å². The van der Waals surface area contributed by atoms with E-state index in [1.807, 2.05) is 36.6 Å². The predicted octanol–water partition coefficient (Wildman–Crippen LogP) is 4.85. The van der Waals surface area contributed by atoms with E-state index in [0.717, 1.165) is 21.8 Å². The normalized spacial score (nSPS) is 20.4. The summed E-state index contributed by atoms with van der Waals surface area (Å²) < 4.78 is 14.6. The Morgan fingerprint density at radius 3 is 2.42 bits per heavy atom.